The largest absolute Gasteiger partial charge is 0.481 e. The predicted molar refractivity (Wildman–Crippen MR) is 49.1 cm³/mol. The second-order valence-electron chi connectivity index (χ2n) is 2.81. The lowest BCUT2D eigenvalue weighted by Gasteiger charge is -2.03. The van der Waals surface area contributed by atoms with Crippen molar-refractivity contribution in [3.8, 4) is 0 Å². The Hall–Kier alpha value is -0.180. The third-order valence-electron chi connectivity index (χ3n) is 1.72. The summed E-state index contributed by atoms with van der Waals surface area (Å²) in [5.41, 5.74) is 0. The molecule has 0 fully saturated rings. The van der Waals surface area contributed by atoms with Gasteiger partial charge in [0.2, 0.25) is 0 Å². The van der Waals surface area contributed by atoms with Gasteiger partial charge in [-0.1, -0.05) is 19.8 Å². The quantitative estimate of drug-likeness (QED) is 0.481. The number of thiol groups is 1. The molecule has 0 spiro atoms. The molecular formula is C8H16O2S. The lowest BCUT2D eigenvalue weighted by Crippen LogP contribution is -2.08. The Kier molecular flexibility index (Phi) is 6.42. The van der Waals surface area contributed by atoms with Crippen LogP contribution in [0.25, 0.3) is 0 Å². The van der Waals surface area contributed by atoms with Crippen molar-refractivity contribution >= 4 is 18.6 Å². The third-order valence-corrected chi connectivity index (χ3v) is 2.03. The highest BCUT2D eigenvalue weighted by Crippen LogP contribution is 2.09. The van der Waals surface area contributed by atoms with Gasteiger partial charge in [0.05, 0.1) is 5.92 Å². The summed E-state index contributed by atoms with van der Waals surface area (Å²) in [7, 11) is 0. The van der Waals surface area contributed by atoms with Crippen molar-refractivity contribution < 1.29 is 9.90 Å². The molecule has 66 valence electrons. The molecule has 1 unspecified atom stereocenters. The summed E-state index contributed by atoms with van der Waals surface area (Å²) in [6, 6.07) is 0. The van der Waals surface area contributed by atoms with Crippen molar-refractivity contribution in [2.24, 2.45) is 5.92 Å². The molecule has 0 radical (unpaired) electrons. The molecule has 0 aliphatic heterocycles. The zero-order valence-electron chi connectivity index (χ0n) is 6.92. The molecule has 0 bridgehead atoms. The predicted octanol–water partition coefficient (Wildman–Crippen LogP) is 2.20. The van der Waals surface area contributed by atoms with Crippen LogP contribution in [0.15, 0.2) is 0 Å². The van der Waals surface area contributed by atoms with Gasteiger partial charge in [-0.15, -0.1) is 0 Å². The van der Waals surface area contributed by atoms with Crippen molar-refractivity contribution in [3.05, 3.63) is 0 Å². The van der Waals surface area contributed by atoms with Crippen molar-refractivity contribution in [2.75, 3.05) is 5.75 Å². The van der Waals surface area contributed by atoms with Crippen LogP contribution in [0.3, 0.4) is 0 Å². The molecule has 0 saturated heterocycles. The van der Waals surface area contributed by atoms with Gasteiger partial charge in [0.25, 0.3) is 0 Å². The first-order valence-electron chi connectivity index (χ1n) is 4.02. The van der Waals surface area contributed by atoms with Crippen LogP contribution in [0.1, 0.15) is 32.6 Å². The summed E-state index contributed by atoms with van der Waals surface area (Å²) < 4.78 is 0. The summed E-state index contributed by atoms with van der Waals surface area (Å²) in [4.78, 5) is 10.3. The van der Waals surface area contributed by atoms with Gasteiger partial charge < -0.3 is 5.11 Å². The van der Waals surface area contributed by atoms with E-state index in [2.05, 4.69) is 12.6 Å². The Morgan fingerprint density at radius 3 is 2.55 bits per heavy atom. The SMILES string of the molecule is CC(CCCCCS)C(=O)O. The zero-order valence-corrected chi connectivity index (χ0v) is 7.81. The molecule has 3 heteroatoms. The highest BCUT2D eigenvalue weighted by molar-refractivity contribution is 7.80. The topological polar surface area (TPSA) is 37.3 Å². The standard InChI is InChI=1S/C8H16O2S/c1-7(8(9)10)5-3-2-4-6-11/h7,11H,2-6H2,1H3,(H,9,10). The number of carbonyl (C=O) groups is 1. The average Bonchev–Trinajstić information content (AvgIpc) is 1.97. The second-order valence-corrected chi connectivity index (χ2v) is 3.26. The molecule has 0 aromatic carbocycles. The van der Waals surface area contributed by atoms with Crippen LogP contribution in [0.4, 0.5) is 0 Å². The third kappa shape index (κ3) is 6.23. The number of carboxylic acid groups (broad SMARTS) is 1. The Morgan fingerprint density at radius 1 is 1.45 bits per heavy atom. The molecule has 1 atom stereocenters. The van der Waals surface area contributed by atoms with Crippen LogP contribution in [-0.2, 0) is 4.79 Å². The highest BCUT2D eigenvalue weighted by atomic mass is 32.1. The normalized spacial score (nSPS) is 12.9. The van der Waals surface area contributed by atoms with Gasteiger partial charge in [-0.2, -0.15) is 12.6 Å². The molecule has 0 amide bonds. The summed E-state index contributed by atoms with van der Waals surface area (Å²) >= 11 is 4.07. The van der Waals surface area contributed by atoms with Crippen LogP contribution in [0, 0.1) is 5.92 Å². The van der Waals surface area contributed by atoms with Crippen LogP contribution >= 0.6 is 12.6 Å². The van der Waals surface area contributed by atoms with E-state index in [1.54, 1.807) is 6.92 Å². The highest BCUT2D eigenvalue weighted by Gasteiger charge is 2.08. The molecule has 0 aliphatic carbocycles. The minimum Gasteiger partial charge on any atom is -0.481 e. The maximum Gasteiger partial charge on any atom is 0.306 e. The van der Waals surface area contributed by atoms with Crippen LogP contribution in [-0.4, -0.2) is 16.8 Å². The molecule has 0 aromatic rings. The number of unbranched alkanes of at least 4 members (excludes halogenated alkanes) is 2. The van der Waals surface area contributed by atoms with Gasteiger partial charge >= 0.3 is 5.97 Å². The van der Waals surface area contributed by atoms with Gasteiger partial charge in [-0.3, -0.25) is 4.79 Å². The first-order chi connectivity index (χ1) is 5.18. The summed E-state index contributed by atoms with van der Waals surface area (Å²) in [6.45, 7) is 1.75. The van der Waals surface area contributed by atoms with Crippen molar-refractivity contribution in [3.63, 3.8) is 0 Å². The van der Waals surface area contributed by atoms with E-state index in [9.17, 15) is 4.79 Å². The van der Waals surface area contributed by atoms with E-state index < -0.39 is 5.97 Å². The van der Waals surface area contributed by atoms with Crippen molar-refractivity contribution in [2.45, 2.75) is 32.6 Å². The van der Waals surface area contributed by atoms with E-state index >= 15 is 0 Å². The van der Waals surface area contributed by atoms with Gasteiger partial charge in [0, 0.05) is 0 Å². The van der Waals surface area contributed by atoms with Gasteiger partial charge in [0.15, 0.2) is 0 Å². The first kappa shape index (κ1) is 10.8. The van der Waals surface area contributed by atoms with E-state index in [1.807, 2.05) is 0 Å². The Labute approximate surface area is 73.4 Å². The van der Waals surface area contributed by atoms with E-state index in [1.165, 1.54) is 0 Å². The Morgan fingerprint density at radius 2 is 2.09 bits per heavy atom. The monoisotopic (exact) mass is 176 g/mol. The van der Waals surface area contributed by atoms with Gasteiger partial charge in [0.1, 0.15) is 0 Å². The fraction of sp³-hybridized carbons (Fsp3) is 0.875. The van der Waals surface area contributed by atoms with Crippen molar-refractivity contribution in [1.82, 2.24) is 0 Å². The Balaban J connectivity index is 3.17. The number of rotatable bonds is 6. The van der Waals surface area contributed by atoms with Crippen LogP contribution in [0.2, 0.25) is 0 Å². The molecule has 0 heterocycles. The zero-order chi connectivity index (χ0) is 8.69. The molecule has 0 aliphatic rings. The lowest BCUT2D eigenvalue weighted by molar-refractivity contribution is -0.141. The summed E-state index contributed by atoms with van der Waals surface area (Å²) in [6.07, 6.45) is 3.99. The van der Waals surface area contributed by atoms with Gasteiger partial charge in [-0.05, 0) is 18.6 Å². The van der Waals surface area contributed by atoms with E-state index in [4.69, 9.17) is 5.11 Å². The number of carboxylic acids is 1. The fourth-order valence-corrected chi connectivity index (χ4v) is 1.09. The van der Waals surface area contributed by atoms with E-state index in [-0.39, 0.29) is 5.92 Å². The molecule has 1 N–H and O–H groups in total. The minimum absolute atomic E-state index is 0.185. The van der Waals surface area contributed by atoms with E-state index in [0.717, 1.165) is 31.4 Å². The molecular weight excluding hydrogens is 160 g/mol. The summed E-state index contributed by atoms with van der Waals surface area (Å²) in [5, 5.41) is 8.52. The molecule has 0 saturated carbocycles. The lowest BCUT2D eigenvalue weighted by atomic mass is 10.0. The maximum atomic E-state index is 10.3. The minimum atomic E-state index is -0.684. The molecule has 0 aromatic heterocycles. The second kappa shape index (κ2) is 6.53. The number of hydrogen-bond acceptors (Lipinski definition) is 2. The van der Waals surface area contributed by atoms with Crippen molar-refractivity contribution in [1.29, 1.82) is 0 Å². The fourth-order valence-electron chi connectivity index (χ4n) is 0.863. The maximum absolute atomic E-state index is 10.3. The van der Waals surface area contributed by atoms with E-state index in [0.29, 0.717) is 0 Å². The number of aliphatic carboxylic acids is 1. The van der Waals surface area contributed by atoms with Crippen LogP contribution in [0.5, 0.6) is 0 Å². The molecule has 0 rings (SSSR count). The smallest absolute Gasteiger partial charge is 0.306 e. The average molecular weight is 176 g/mol. The van der Waals surface area contributed by atoms with Crippen LogP contribution < -0.4 is 0 Å². The number of hydrogen-bond donors (Lipinski definition) is 2. The summed E-state index contributed by atoms with van der Waals surface area (Å²) in [5.74, 6) is 0.0346. The Bertz CT molecular complexity index is 115. The molecule has 2 nitrogen and oxygen atoms in total. The first-order valence-corrected chi connectivity index (χ1v) is 4.65. The van der Waals surface area contributed by atoms with Gasteiger partial charge in [-0.25, -0.2) is 0 Å². The molecule has 11 heavy (non-hydrogen) atoms.